The maximum atomic E-state index is 13.1. The van der Waals surface area contributed by atoms with E-state index < -0.39 is 0 Å². The predicted molar refractivity (Wildman–Crippen MR) is 122 cm³/mol. The molecule has 0 aliphatic rings. The topological polar surface area (TPSA) is 119 Å². The van der Waals surface area contributed by atoms with Gasteiger partial charge < -0.3 is 19.8 Å². The summed E-state index contributed by atoms with van der Waals surface area (Å²) < 4.78 is 10.5. The highest BCUT2D eigenvalue weighted by Crippen LogP contribution is 2.35. The summed E-state index contributed by atoms with van der Waals surface area (Å²) in [7, 11) is 3.10. The zero-order valence-corrected chi connectivity index (χ0v) is 18.8. The molecule has 0 aliphatic heterocycles. The molecule has 0 spiro atoms. The average Bonchev–Trinajstić information content (AvgIpc) is 3.09. The number of rotatable bonds is 6. The number of aryl methyl sites for hydroxylation is 2. The highest BCUT2D eigenvalue weighted by Gasteiger charge is 2.21. The number of thiophene rings is 1. The van der Waals surface area contributed by atoms with Crippen LogP contribution in [0.25, 0.3) is 21.6 Å². The molecule has 32 heavy (non-hydrogen) atoms. The smallest absolute Gasteiger partial charge is 0.266 e. The van der Waals surface area contributed by atoms with Gasteiger partial charge >= 0.3 is 0 Å². The van der Waals surface area contributed by atoms with E-state index in [1.165, 1.54) is 24.5 Å². The molecule has 0 saturated heterocycles. The summed E-state index contributed by atoms with van der Waals surface area (Å²) in [5.41, 5.74) is 2.39. The third-order valence-corrected chi connectivity index (χ3v) is 5.92. The lowest BCUT2D eigenvalue weighted by Crippen LogP contribution is -2.12. The lowest BCUT2D eigenvalue weighted by Gasteiger charge is -2.08. The van der Waals surface area contributed by atoms with E-state index in [1.807, 2.05) is 13.0 Å². The van der Waals surface area contributed by atoms with Gasteiger partial charge in [0.05, 0.1) is 17.4 Å². The zero-order valence-electron chi connectivity index (χ0n) is 18.0. The summed E-state index contributed by atoms with van der Waals surface area (Å²) in [4.78, 5) is 42.0. The Balaban J connectivity index is 1.67. The molecule has 0 atom stereocenters. The number of anilines is 1. The molecule has 0 bridgehead atoms. The second-order valence-corrected chi connectivity index (χ2v) is 8.09. The van der Waals surface area contributed by atoms with Crippen LogP contribution < -0.4 is 15.6 Å². The van der Waals surface area contributed by atoms with Crippen molar-refractivity contribution < 1.29 is 14.3 Å². The summed E-state index contributed by atoms with van der Waals surface area (Å²) in [5, 5.41) is 3.62. The normalized spacial score (nSPS) is 11.0. The minimum atomic E-state index is -0.274. The van der Waals surface area contributed by atoms with Crippen molar-refractivity contribution in [3.05, 3.63) is 62.6 Å². The first-order chi connectivity index (χ1) is 15.4. The number of nitrogens with zero attached hydrogens (tertiary/aromatic N) is 3. The lowest BCUT2D eigenvalue weighted by atomic mass is 10.1. The molecule has 4 aromatic rings. The number of aromatic nitrogens is 4. The molecule has 1 aromatic carbocycles. The number of carbonyl (C=O) groups excluding carboxylic acids is 1. The summed E-state index contributed by atoms with van der Waals surface area (Å²) >= 11 is 1.27. The Hall–Kier alpha value is -3.63. The Morgan fingerprint density at radius 1 is 1.16 bits per heavy atom. The number of benzene rings is 1. The molecule has 0 saturated carbocycles. The van der Waals surface area contributed by atoms with E-state index >= 15 is 0 Å². The van der Waals surface area contributed by atoms with E-state index in [0.717, 1.165) is 5.56 Å². The maximum absolute atomic E-state index is 13.1. The molecule has 4 rings (SSSR count). The van der Waals surface area contributed by atoms with Crippen molar-refractivity contribution in [2.24, 2.45) is 0 Å². The highest BCUT2D eigenvalue weighted by molar-refractivity contribution is 7.20. The van der Waals surface area contributed by atoms with Gasteiger partial charge in [-0.25, -0.2) is 9.97 Å². The number of hydrogen-bond donors (Lipinski definition) is 2. The molecular weight excluding hydrogens is 430 g/mol. The first kappa shape index (κ1) is 21.6. The fourth-order valence-corrected chi connectivity index (χ4v) is 4.44. The van der Waals surface area contributed by atoms with Crippen molar-refractivity contribution in [2.75, 3.05) is 19.5 Å². The van der Waals surface area contributed by atoms with Gasteiger partial charge in [-0.05, 0) is 31.5 Å². The minimum Gasteiger partial charge on any atom is -0.480 e. The number of amides is 1. The first-order valence-corrected chi connectivity index (χ1v) is 10.5. The molecule has 1 amide bonds. The van der Waals surface area contributed by atoms with Gasteiger partial charge in [0.1, 0.15) is 17.3 Å². The summed E-state index contributed by atoms with van der Waals surface area (Å²) in [6, 6.07) is 8.56. The summed E-state index contributed by atoms with van der Waals surface area (Å²) in [6.07, 6.45) is 0. The molecule has 0 unspecified atom stereocenters. The molecule has 3 heterocycles. The number of nitrogens with one attached hydrogen (secondary N) is 2. The Labute approximate surface area is 187 Å². The van der Waals surface area contributed by atoms with Crippen LogP contribution in [0.4, 0.5) is 5.69 Å². The van der Waals surface area contributed by atoms with Crippen molar-refractivity contribution in [1.82, 2.24) is 19.9 Å². The summed E-state index contributed by atoms with van der Waals surface area (Å²) in [5.74, 6) is 1.06. The van der Waals surface area contributed by atoms with Gasteiger partial charge in [-0.15, -0.1) is 11.3 Å². The molecule has 0 aliphatic carbocycles. The molecule has 10 heteroatoms. The van der Waals surface area contributed by atoms with Crippen molar-refractivity contribution in [3.63, 3.8) is 0 Å². The van der Waals surface area contributed by atoms with Crippen molar-refractivity contribution in [3.8, 4) is 17.3 Å². The lowest BCUT2D eigenvalue weighted by molar-refractivity contribution is 0.103. The molecule has 2 N–H and O–H groups in total. The number of fused-ring (bicyclic) bond motifs is 1. The van der Waals surface area contributed by atoms with Gasteiger partial charge in [0.15, 0.2) is 5.82 Å². The summed E-state index contributed by atoms with van der Waals surface area (Å²) in [6.45, 7) is 3.84. The number of carbonyl (C=O) groups is 1. The quantitative estimate of drug-likeness (QED) is 0.461. The van der Waals surface area contributed by atoms with Crippen LogP contribution in [0.2, 0.25) is 0 Å². The van der Waals surface area contributed by atoms with E-state index in [1.54, 1.807) is 32.2 Å². The van der Waals surface area contributed by atoms with Crippen LogP contribution in [0.1, 0.15) is 26.8 Å². The second kappa shape index (κ2) is 8.85. The molecule has 0 radical (unpaired) electrons. The standard InChI is InChI=1S/C22H21N5O4S/c1-11-8-16(28)27-19(23-11)13-6-5-7-14(9-13)24-20(29)18-12(2)17-21(31-4)25-15(10-30-3)26-22(17)32-18/h5-9H,10H2,1-4H3,(H,24,29)(H,23,27,28). The van der Waals surface area contributed by atoms with Crippen LogP contribution in [0, 0.1) is 13.8 Å². The SMILES string of the molecule is COCc1nc(OC)c2c(C)c(C(=O)Nc3cccc(-c4nc(C)cc(=O)[nH]4)c3)sc2n1. The van der Waals surface area contributed by atoms with E-state index in [4.69, 9.17) is 9.47 Å². The van der Waals surface area contributed by atoms with Crippen LogP contribution in [0.3, 0.4) is 0 Å². The minimum absolute atomic E-state index is 0.231. The number of hydrogen-bond acceptors (Lipinski definition) is 8. The van der Waals surface area contributed by atoms with Crippen LogP contribution >= 0.6 is 11.3 Å². The van der Waals surface area contributed by atoms with Crippen molar-refractivity contribution >= 4 is 33.1 Å². The molecule has 164 valence electrons. The molecule has 9 nitrogen and oxygen atoms in total. The number of aromatic amines is 1. The monoisotopic (exact) mass is 451 g/mol. The van der Waals surface area contributed by atoms with Crippen molar-refractivity contribution in [1.29, 1.82) is 0 Å². The van der Waals surface area contributed by atoms with E-state index in [2.05, 4.69) is 25.3 Å². The van der Waals surface area contributed by atoms with Crippen LogP contribution in [0.5, 0.6) is 5.88 Å². The second-order valence-electron chi connectivity index (χ2n) is 7.09. The fourth-order valence-electron chi connectivity index (χ4n) is 3.35. The van der Waals surface area contributed by atoms with Gasteiger partial charge in [-0.1, -0.05) is 12.1 Å². The van der Waals surface area contributed by atoms with Crippen LogP contribution in [-0.2, 0) is 11.3 Å². The molecular formula is C22H21N5O4S. The average molecular weight is 452 g/mol. The van der Waals surface area contributed by atoms with Gasteiger partial charge in [0.2, 0.25) is 5.88 Å². The third-order valence-electron chi connectivity index (χ3n) is 4.74. The Bertz CT molecular complexity index is 1380. The fraction of sp³-hybridized carbons (Fsp3) is 0.227. The number of ether oxygens (including phenoxy) is 2. The Morgan fingerprint density at radius 3 is 2.69 bits per heavy atom. The van der Waals surface area contributed by atoms with E-state index in [0.29, 0.717) is 49.6 Å². The molecule has 3 aromatic heterocycles. The predicted octanol–water partition coefficient (Wildman–Crippen LogP) is 3.47. The van der Waals surface area contributed by atoms with E-state index in [9.17, 15) is 9.59 Å². The molecule has 0 fully saturated rings. The Kier molecular flexibility index (Phi) is 5.97. The Morgan fingerprint density at radius 2 is 1.97 bits per heavy atom. The van der Waals surface area contributed by atoms with Gasteiger partial charge in [-0.2, -0.15) is 4.98 Å². The third kappa shape index (κ3) is 4.23. The number of H-pyrrole nitrogens is 1. The highest BCUT2D eigenvalue weighted by atomic mass is 32.1. The van der Waals surface area contributed by atoms with Crippen molar-refractivity contribution in [2.45, 2.75) is 20.5 Å². The van der Waals surface area contributed by atoms with Gasteiger partial charge in [0.25, 0.3) is 11.5 Å². The largest absolute Gasteiger partial charge is 0.480 e. The number of methoxy groups -OCH3 is 2. The van der Waals surface area contributed by atoms with Gasteiger partial charge in [0, 0.05) is 30.1 Å². The van der Waals surface area contributed by atoms with Crippen LogP contribution in [0.15, 0.2) is 35.1 Å². The zero-order chi connectivity index (χ0) is 22.8. The van der Waals surface area contributed by atoms with E-state index in [-0.39, 0.29) is 18.1 Å². The van der Waals surface area contributed by atoms with Gasteiger partial charge in [-0.3, -0.25) is 9.59 Å². The van der Waals surface area contributed by atoms with Crippen LogP contribution in [-0.4, -0.2) is 40.1 Å². The first-order valence-electron chi connectivity index (χ1n) is 9.72. The maximum Gasteiger partial charge on any atom is 0.266 e.